The number of alkyl halides is 2. The van der Waals surface area contributed by atoms with Crippen LogP contribution >= 0.6 is 0 Å². The van der Waals surface area contributed by atoms with Crippen LogP contribution in [0, 0.1) is 0 Å². The first-order valence-electron chi connectivity index (χ1n) is 5.73. The van der Waals surface area contributed by atoms with Crippen LogP contribution in [0.2, 0.25) is 0 Å². The summed E-state index contributed by atoms with van der Waals surface area (Å²) >= 11 is 0. The number of rotatable bonds is 2. The van der Waals surface area contributed by atoms with E-state index in [9.17, 15) is 8.78 Å². The van der Waals surface area contributed by atoms with Crippen molar-refractivity contribution in [3.8, 4) is 5.75 Å². The third-order valence-corrected chi connectivity index (χ3v) is 3.35. The highest BCUT2D eigenvalue weighted by Crippen LogP contribution is 2.39. The maximum Gasteiger partial charge on any atom is 0.251 e. The van der Waals surface area contributed by atoms with E-state index in [4.69, 9.17) is 4.74 Å². The lowest BCUT2D eigenvalue weighted by Gasteiger charge is -2.39. The average Bonchev–Trinajstić information content (AvgIpc) is 2.27. The lowest BCUT2D eigenvalue weighted by molar-refractivity contribution is -0.0611. The van der Waals surface area contributed by atoms with Crippen LogP contribution in [-0.2, 0) is 5.54 Å². The molecule has 1 fully saturated rings. The summed E-state index contributed by atoms with van der Waals surface area (Å²) in [5, 5.41) is 3.18. The van der Waals surface area contributed by atoms with Crippen LogP contribution in [0.4, 0.5) is 8.78 Å². The largest absolute Gasteiger partial charge is 0.497 e. The zero-order chi connectivity index (χ0) is 12.5. The van der Waals surface area contributed by atoms with Crippen molar-refractivity contribution >= 4 is 0 Å². The first kappa shape index (κ1) is 12.3. The maximum atomic E-state index is 13.5. The Labute approximate surface area is 100.0 Å². The van der Waals surface area contributed by atoms with Crippen molar-refractivity contribution in [1.82, 2.24) is 5.32 Å². The zero-order valence-electron chi connectivity index (χ0n) is 10.1. The summed E-state index contributed by atoms with van der Waals surface area (Å²) in [6.07, 6.45) is -0.245. The number of hydrogen-bond acceptors (Lipinski definition) is 2. The van der Waals surface area contributed by atoms with Gasteiger partial charge in [0, 0.05) is 24.9 Å². The zero-order valence-corrected chi connectivity index (χ0v) is 10.1. The lowest BCUT2D eigenvalue weighted by atomic mass is 9.82. The molecule has 0 aromatic heterocycles. The Morgan fingerprint density at radius 2 is 1.88 bits per heavy atom. The molecule has 1 heterocycles. The van der Waals surface area contributed by atoms with E-state index in [0.29, 0.717) is 6.54 Å². The lowest BCUT2D eigenvalue weighted by Crippen LogP contribution is -2.50. The number of halogens is 2. The fourth-order valence-electron chi connectivity index (χ4n) is 2.35. The molecule has 0 amide bonds. The second-order valence-electron chi connectivity index (χ2n) is 4.77. The molecular weight excluding hydrogens is 224 g/mol. The molecule has 2 nitrogen and oxygen atoms in total. The topological polar surface area (TPSA) is 21.3 Å². The first-order chi connectivity index (χ1) is 7.95. The number of benzene rings is 1. The minimum atomic E-state index is -2.58. The molecule has 1 aliphatic rings. The van der Waals surface area contributed by atoms with Crippen molar-refractivity contribution < 1.29 is 13.5 Å². The number of ether oxygens (including phenoxy) is 1. The van der Waals surface area contributed by atoms with Gasteiger partial charge in [0.1, 0.15) is 5.75 Å². The maximum absolute atomic E-state index is 13.5. The van der Waals surface area contributed by atoms with Gasteiger partial charge in [-0.2, -0.15) is 0 Å². The monoisotopic (exact) mass is 241 g/mol. The fourth-order valence-corrected chi connectivity index (χ4v) is 2.35. The Hall–Kier alpha value is -1.16. The minimum Gasteiger partial charge on any atom is -0.497 e. The molecule has 17 heavy (non-hydrogen) atoms. The SMILES string of the molecule is COc1ccc(C2(C)CC(F)(F)CCN2)cc1. The van der Waals surface area contributed by atoms with E-state index in [1.807, 2.05) is 19.1 Å². The van der Waals surface area contributed by atoms with Gasteiger partial charge in [-0.25, -0.2) is 8.78 Å². The van der Waals surface area contributed by atoms with E-state index < -0.39 is 11.5 Å². The fraction of sp³-hybridized carbons (Fsp3) is 0.538. The van der Waals surface area contributed by atoms with Crippen LogP contribution in [-0.4, -0.2) is 19.6 Å². The van der Waals surface area contributed by atoms with Gasteiger partial charge in [0.15, 0.2) is 0 Å². The van der Waals surface area contributed by atoms with E-state index in [1.54, 1.807) is 19.2 Å². The molecule has 4 heteroatoms. The van der Waals surface area contributed by atoms with Gasteiger partial charge >= 0.3 is 0 Å². The highest BCUT2D eigenvalue weighted by molar-refractivity contribution is 5.32. The molecule has 94 valence electrons. The molecular formula is C13H17F2NO. The Kier molecular flexibility index (Phi) is 3.08. The quantitative estimate of drug-likeness (QED) is 0.859. The minimum absolute atomic E-state index is 0.0846. The van der Waals surface area contributed by atoms with Crippen molar-refractivity contribution in [2.45, 2.75) is 31.2 Å². The highest BCUT2D eigenvalue weighted by Gasteiger charge is 2.43. The standard InChI is InChI=1S/C13H17F2NO/c1-12(9-13(14,15)7-8-16-12)10-3-5-11(17-2)6-4-10/h3-6,16H,7-9H2,1-2H3. The third-order valence-electron chi connectivity index (χ3n) is 3.35. The van der Waals surface area contributed by atoms with Gasteiger partial charge in [-0.15, -0.1) is 0 Å². The molecule has 0 bridgehead atoms. The highest BCUT2D eigenvalue weighted by atomic mass is 19.3. The molecule has 0 aliphatic carbocycles. The Balaban J connectivity index is 2.24. The number of hydrogen-bond donors (Lipinski definition) is 1. The predicted molar refractivity (Wildman–Crippen MR) is 62.5 cm³/mol. The van der Waals surface area contributed by atoms with Crippen LogP contribution in [0.25, 0.3) is 0 Å². The van der Waals surface area contributed by atoms with E-state index >= 15 is 0 Å². The molecule has 2 rings (SSSR count). The summed E-state index contributed by atoms with van der Waals surface area (Å²) in [6.45, 7) is 2.16. The van der Waals surface area contributed by atoms with Crippen LogP contribution in [0.15, 0.2) is 24.3 Å². The molecule has 1 saturated heterocycles. The Morgan fingerprint density at radius 3 is 2.41 bits per heavy atom. The van der Waals surface area contributed by atoms with E-state index in [-0.39, 0.29) is 12.8 Å². The smallest absolute Gasteiger partial charge is 0.251 e. The predicted octanol–water partition coefficient (Wildman–Crippen LogP) is 2.93. The third kappa shape index (κ3) is 2.57. The summed E-state index contributed by atoms with van der Waals surface area (Å²) in [5.74, 6) is -1.85. The molecule has 1 N–H and O–H groups in total. The van der Waals surface area contributed by atoms with Crippen LogP contribution in [0.1, 0.15) is 25.3 Å². The molecule has 0 spiro atoms. The Morgan fingerprint density at radius 1 is 1.24 bits per heavy atom. The van der Waals surface area contributed by atoms with Gasteiger partial charge in [0.05, 0.1) is 7.11 Å². The van der Waals surface area contributed by atoms with Crippen molar-refractivity contribution in [2.24, 2.45) is 0 Å². The average molecular weight is 241 g/mol. The summed E-state index contributed by atoms with van der Waals surface area (Å²) in [6, 6.07) is 7.28. The Bertz CT molecular complexity index is 391. The van der Waals surface area contributed by atoms with Gasteiger partial charge in [-0.3, -0.25) is 0 Å². The summed E-state index contributed by atoms with van der Waals surface area (Å²) in [4.78, 5) is 0. The van der Waals surface area contributed by atoms with Gasteiger partial charge in [0.25, 0.3) is 5.92 Å². The van der Waals surface area contributed by atoms with Crippen LogP contribution in [0.5, 0.6) is 5.75 Å². The summed E-state index contributed by atoms with van der Waals surface area (Å²) in [7, 11) is 1.59. The molecule has 1 unspecified atom stereocenters. The number of nitrogens with one attached hydrogen (secondary N) is 1. The van der Waals surface area contributed by atoms with Gasteiger partial charge in [-0.1, -0.05) is 12.1 Å². The molecule has 0 radical (unpaired) electrons. The molecule has 1 aliphatic heterocycles. The number of piperidine rings is 1. The van der Waals surface area contributed by atoms with Gasteiger partial charge in [-0.05, 0) is 24.6 Å². The molecule has 1 aromatic carbocycles. The van der Waals surface area contributed by atoms with Crippen LogP contribution in [0.3, 0.4) is 0 Å². The van der Waals surface area contributed by atoms with E-state index in [0.717, 1.165) is 11.3 Å². The summed E-state index contributed by atoms with van der Waals surface area (Å²) < 4.78 is 32.0. The van der Waals surface area contributed by atoms with Crippen LogP contribution < -0.4 is 10.1 Å². The molecule has 0 saturated carbocycles. The second-order valence-corrected chi connectivity index (χ2v) is 4.77. The first-order valence-corrected chi connectivity index (χ1v) is 5.73. The normalized spacial score (nSPS) is 27.8. The molecule has 1 aromatic rings. The second kappa shape index (κ2) is 4.26. The van der Waals surface area contributed by atoms with Crippen molar-refractivity contribution in [3.05, 3.63) is 29.8 Å². The van der Waals surface area contributed by atoms with E-state index in [1.165, 1.54) is 0 Å². The van der Waals surface area contributed by atoms with Crippen molar-refractivity contribution in [3.63, 3.8) is 0 Å². The van der Waals surface area contributed by atoms with E-state index in [2.05, 4.69) is 5.32 Å². The van der Waals surface area contributed by atoms with Gasteiger partial charge < -0.3 is 10.1 Å². The summed E-state index contributed by atoms with van der Waals surface area (Å²) in [5.41, 5.74) is 0.214. The van der Waals surface area contributed by atoms with Crippen molar-refractivity contribution in [2.75, 3.05) is 13.7 Å². The molecule has 1 atom stereocenters. The number of methoxy groups -OCH3 is 1. The van der Waals surface area contributed by atoms with Crippen molar-refractivity contribution in [1.29, 1.82) is 0 Å². The van der Waals surface area contributed by atoms with Gasteiger partial charge in [0.2, 0.25) is 0 Å².